The smallest absolute Gasteiger partial charge is 0.352 e. The summed E-state index contributed by atoms with van der Waals surface area (Å²) in [5.74, 6) is 0.0877. The van der Waals surface area contributed by atoms with Gasteiger partial charge in [-0.25, -0.2) is 4.79 Å². The zero-order valence-corrected chi connectivity index (χ0v) is 19.8. The Bertz CT molecular complexity index is 975. The van der Waals surface area contributed by atoms with Crippen molar-refractivity contribution >= 4 is 28.6 Å². The Labute approximate surface area is 197 Å². The van der Waals surface area contributed by atoms with Crippen molar-refractivity contribution in [2.75, 3.05) is 19.6 Å². The third-order valence-electron chi connectivity index (χ3n) is 7.44. The van der Waals surface area contributed by atoms with Gasteiger partial charge in [-0.05, 0) is 51.6 Å². The fourth-order valence-corrected chi connectivity index (χ4v) is 6.89. The highest BCUT2D eigenvalue weighted by Crippen LogP contribution is 2.41. The van der Waals surface area contributed by atoms with Gasteiger partial charge in [0.2, 0.25) is 11.8 Å². The Balaban J connectivity index is 1.35. The quantitative estimate of drug-likeness (QED) is 0.366. The lowest BCUT2D eigenvalue weighted by molar-refractivity contribution is -0.984. The van der Waals surface area contributed by atoms with E-state index in [9.17, 15) is 9.90 Å². The summed E-state index contributed by atoms with van der Waals surface area (Å²) in [5, 5.41) is 19.1. The molecule has 0 unspecified atom stereocenters. The molecule has 168 valence electrons. The fraction of sp³-hybridized carbons (Fsp3) is 0.423. The van der Waals surface area contributed by atoms with E-state index in [0.717, 1.165) is 43.4 Å². The molecule has 0 radical (unpaired) electrons. The fourth-order valence-electron chi connectivity index (χ4n) is 5.49. The largest absolute Gasteiger partial charge is 0.410 e. The number of nitrogens with zero attached hydrogens (tertiary/aromatic N) is 1. The van der Waals surface area contributed by atoms with E-state index in [2.05, 4.69) is 30.3 Å². The van der Waals surface area contributed by atoms with Crippen molar-refractivity contribution in [2.24, 2.45) is 5.92 Å². The minimum Gasteiger partial charge on any atom is -0.410 e. The van der Waals surface area contributed by atoms with Gasteiger partial charge >= 0.3 is 5.97 Å². The Kier molecular flexibility index (Phi) is 6.21. The molecule has 0 spiro atoms. The number of piperidine rings is 3. The van der Waals surface area contributed by atoms with Gasteiger partial charge in [-0.2, -0.15) is 22.7 Å². The third-order valence-corrected chi connectivity index (χ3v) is 8.81. The number of hydrogen-bond donors (Lipinski definition) is 1. The first-order valence-electron chi connectivity index (χ1n) is 11.5. The molecule has 32 heavy (non-hydrogen) atoms. The molecule has 5 heterocycles. The average molecular weight is 469 g/mol. The van der Waals surface area contributed by atoms with Gasteiger partial charge < -0.3 is 9.84 Å². The molecule has 3 aliphatic heterocycles. The summed E-state index contributed by atoms with van der Waals surface area (Å²) in [6, 6.07) is 14.2. The second-order valence-electron chi connectivity index (χ2n) is 9.25. The van der Waals surface area contributed by atoms with Gasteiger partial charge in [-0.15, -0.1) is 0 Å². The lowest BCUT2D eigenvalue weighted by Gasteiger charge is -2.53. The maximum absolute atomic E-state index is 13.6. The number of hydrogen-bond acceptors (Lipinski definition) is 5. The Morgan fingerprint density at radius 3 is 2.28 bits per heavy atom. The Hall–Kier alpha value is -1.99. The number of aryl methyl sites for hydroxylation is 1. The molecule has 1 N–H and O–H groups in total. The number of carbonyl (C=O) groups excluding carboxylic acids is 1. The van der Waals surface area contributed by atoms with E-state index < -0.39 is 11.6 Å². The first-order chi connectivity index (χ1) is 15.6. The van der Waals surface area contributed by atoms with Crippen LogP contribution in [0.15, 0.2) is 64.0 Å². The molecule has 0 saturated carbocycles. The molecule has 6 rings (SSSR count). The standard InChI is InChI=1S/C26H30NO3S2/c28-25(26(29,22-10-15-31-18-22)23-11-16-32-19-23)30-24-17-21-8-13-27(24,14-9-21)12-4-7-20-5-2-1-3-6-20/h1-3,5-6,10-11,15-16,18-19,21,24,29H,4,7-9,12-14,17H2/q+1/t21?,24-,27?/m1/s1. The number of esters is 1. The summed E-state index contributed by atoms with van der Waals surface area (Å²) >= 11 is 2.96. The van der Waals surface area contributed by atoms with Gasteiger partial charge in [0.1, 0.15) is 0 Å². The molecule has 6 heteroatoms. The number of fused-ring (bicyclic) bond motifs is 3. The highest BCUT2D eigenvalue weighted by Gasteiger charge is 2.52. The van der Waals surface area contributed by atoms with Crippen LogP contribution >= 0.6 is 22.7 Å². The Morgan fingerprint density at radius 1 is 1.03 bits per heavy atom. The number of thiophene rings is 2. The van der Waals surface area contributed by atoms with Gasteiger partial charge in [-0.3, -0.25) is 4.48 Å². The molecular weight excluding hydrogens is 438 g/mol. The van der Waals surface area contributed by atoms with Crippen molar-refractivity contribution in [3.63, 3.8) is 0 Å². The maximum Gasteiger partial charge on any atom is 0.352 e. The maximum atomic E-state index is 13.6. The van der Waals surface area contributed by atoms with E-state index in [-0.39, 0.29) is 6.23 Å². The van der Waals surface area contributed by atoms with Crippen LogP contribution in [0, 0.1) is 5.92 Å². The van der Waals surface area contributed by atoms with E-state index in [1.54, 1.807) is 0 Å². The van der Waals surface area contributed by atoms with Crippen LogP contribution < -0.4 is 0 Å². The number of benzene rings is 1. The molecule has 1 aromatic carbocycles. The predicted octanol–water partition coefficient (Wildman–Crippen LogP) is 5.18. The van der Waals surface area contributed by atoms with E-state index >= 15 is 0 Å². The van der Waals surface area contributed by atoms with Crippen molar-refractivity contribution in [1.82, 2.24) is 0 Å². The minimum absolute atomic E-state index is 0.172. The first kappa shape index (κ1) is 21.8. The summed E-state index contributed by atoms with van der Waals surface area (Å²) in [6.07, 6.45) is 5.26. The molecule has 2 bridgehead atoms. The lowest BCUT2D eigenvalue weighted by atomic mass is 9.83. The summed E-state index contributed by atoms with van der Waals surface area (Å²) in [5.41, 5.74) is 0.802. The molecule has 3 saturated heterocycles. The monoisotopic (exact) mass is 468 g/mol. The zero-order chi connectivity index (χ0) is 22.0. The first-order valence-corrected chi connectivity index (χ1v) is 13.4. The molecule has 3 aliphatic rings. The van der Waals surface area contributed by atoms with Crippen LogP contribution in [0.5, 0.6) is 0 Å². The van der Waals surface area contributed by atoms with E-state index in [4.69, 9.17) is 4.74 Å². The van der Waals surface area contributed by atoms with Crippen molar-refractivity contribution in [3.8, 4) is 0 Å². The molecule has 3 aromatic rings. The molecule has 0 aliphatic carbocycles. The van der Waals surface area contributed by atoms with Gasteiger partial charge in [0.05, 0.1) is 19.6 Å². The topological polar surface area (TPSA) is 46.5 Å². The second kappa shape index (κ2) is 9.10. The Morgan fingerprint density at radius 2 is 1.69 bits per heavy atom. The highest BCUT2D eigenvalue weighted by molar-refractivity contribution is 7.08. The van der Waals surface area contributed by atoms with E-state index in [0.29, 0.717) is 17.0 Å². The van der Waals surface area contributed by atoms with Crippen LogP contribution in [-0.4, -0.2) is 41.4 Å². The van der Waals surface area contributed by atoms with Crippen LogP contribution in [0.4, 0.5) is 0 Å². The molecule has 1 atom stereocenters. The zero-order valence-electron chi connectivity index (χ0n) is 18.2. The SMILES string of the molecule is O=C(O[C@@H]1CC2CC[N+]1(CCCc1ccccc1)CC2)C(O)(c1ccsc1)c1ccsc1. The van der Waals surface area contributed by atoms with Crippen molar-refractivity contribution < 1.29 is 19.1 Å². The number of rotatable bonds is 8. The van der Waals surface area contributed by atoms with Crippen LogP contribution in [0.25, 0.3) is 0 Å². The average Bonchev–Trinajstić information content (AvgIpc) is 3.55. The number of ether oxygens (including phenoxy) is 1. The van der Waals surface area contributed by atoms with Crippen molar-refractivity contribution in [3.05, 3.63) is 80.7 Å². The number of aliphatic hydroxyl groups is 1. The molecule has 3 fully saturated rings. The van der Waals surface area contributed by atoms with E-state index in [1.807, 2.05) is 33.7 Å². The second-order valence-corrected chi connectivity index (χ2v) is 10.8. The summed E-state index contributed by atoms with van der Waals surface area (Å²) in [4.78, 5) is 13.6. The van der Waals surface area contributed by atoms with Crippen molar-refractivity contribution in [1.29, 1.82) is 0 Å². The molecule has 0 amide bonds. The number of carbonyl (C=O) groups is 1. The van der Waals surface area contributed by atoms with Crippen LogP contribution in [0.1, 0.15) is 42.4 Å². The van der Waals surface area contributed by atoms with Crippen LogP contribution in [-0.2, 0) is 21.6 Å². The third kappa shape index (κ3) is 4.05. The van der Waals surface area contributed by atoms with Crippen LogP contribution in [0.2, 0.25) is 0 Å². The summed E-state index contributed by atoms with van der Waals surface area (Å²) in [7, 11) is 0. The van der Waals surface area contributed by atoms with E-state index in [1.165, 1.54) is 41.1 Å². The summed E-state index contributed by atoms with van der Waals surface area (Å²) in [6.45, 7) is 3.13. The minimum atomic E-state index is -1.74. The van der Waals surface area contributed by atoms with Gasteiger partial charge in [0, 0.05) is 36.8 Å². The van der Waals surface area contributed by atoms with Crippen LogP contribution in [0.3, 0.4) is 0 Å². The summed E-state index contributed by atoms with van der Waals surface area (Å²) < 4.78 is 7.08. The molecular formula is C26H30NO3S2+. The highest BCUT2D eigenvalue weighted by atomic mass is 32.1. The molecule has 4 nitrogen and oxygen atoms in total. The molecule has 2 aromatic heterocycles. The van der Waals surface area contributed by atoms with Gasteiger partial charge in [0.15, 0.2) is 0 Å². The lowest BCUT2D eigenvalue weighted by Crippen LogP contribution is -2.66. The van der Waals surface area contributed by atoms with Gasteiger partial charge in [0.25, 0.3) is 0 Å². The van der Waals surface area contributed by atoms with Gasteiger partial charge in [-0.1, -0.05) is 30.3 Å². The van der Waals surface area contributed by atoms with Crippen molar-refractivity contribution in [2.45, 2.75) is 43.9 Å². The predicted molar refractivity (Wildman–Crippen MR) is 128 cm³/mol. The normalized spacial score (nSPS) is 25.0. The number of quaternary nitrogens is 1.